The quantitative estimate of drug-likeness (QED) is 0.420. The van der Waals surface area contributed by atoms with E-state index in [0.29, 0.717) is 20.3 Å². The SMILES string of the molecule is COP(=S)(OC)Oc1cc(Cl)c(Br)cc1Cl.O=[Si](O)O. The molecule has 0 atom stereocenters. The van der Waals surface area contributed by atoms with Gasteiger partial charge in [0.05, 0.1) is 10.0 Å². The van der Waals surface area contributed by atoms with E-state index in [1.54, 1.807) is 12.1 Å². The standard InChI is InChI=1S/C8H8BrCl2O3PS.H2O3Si/c1-12-15(16,13-2)14-8-4-6(10)5(9)3-7(8)11;1-4(2)3/h3-4H,1-2H3;1-2H. The molecule has 0 aromatic heterocycles. The first kappa shape index (κ1) is 20.3. The van der Waals surface area contributed by atoms with Crippen LogP contribution >= 0.6 is 45.9 Å². The van der Waals surface area contributed by atoms with Gasteiger partial charge in [0.25, 0.3) is 0 Å². The predicted molar refractivity (Wildman–Crippen MR) is 84.0 cm³/mol. The smallest absolute Gasteiger partial charge is 0.511 e. The van der Waals surface area contributed by atoms with E-state index in [1.807, 2.05) is 0 Å². The van der Waals surface area contributed by atoms with Crippen molar-refractivity contribution in [1.29, 1.82) is 0 Å². The molecule has 0 heterocycles. The summed E-state index contributed by atoms with van der Waals surface area (Å²) in [4.78, 5) is 14.3. The Kier molecular flexibility index (Phi) is 9.44. The van der Waals surface area contributed by atoms with Gasteiger partial charge in [-0.15, -0.1) is 0 Å². The molecule has 0 aliphatic rings. The van der Waals surface area contributed by atoms with Gasteiger partial charge in [-0.3, -0.25) is 4.46 Å². The highest BCUT2D eigenvalue weighted by molar-refractivity contribution is 9.10. The molecular formula is C8H10BrCl2O6PSSi. The van der Waals surface area contributed by atoms with E-state index in [-0.39, 0.29) is 0 Å². The monoisotopic (exact) mass is 442 g/mol. The summed E-state index contributed by atoms with van der Waals surface area (Å²) in [5, 5.41) is 0.841. The van der Waals surface area contributed by atoms with Crippen LogP contribution in [-0.2, 0) is 25.3 Å². The van der Waals surface area contributed by atoms with Crippen LogP contribution in [0.2, 0.25) is 10.0 Å². The van der Waals surface area contributed by atoms with Crippen LogP contribution in [0.15, 0.2) is 16.6 Å². The van der Waals surface area contributed by atoms with Crippen molar-refractivity contribution in [2.24, 2.45) is 0 Å². The molecule has 0 aliphatic carbocycles. The highest BCUT2D eigenvalue weighted by Crippen LogP contribution is 2.50. The lowest BCUT2D eigenvalue weighted by Crippen LogP contribution is -1.97. The third-order valence-corrected chi connectivity index (χ3v) is 5.56. The number of halogens is 3. The highest BCUT2D eigenvalue weighted by Gasteiger charge is 2.20. The summed E-state index contributed by atoms with van der Waals surface area (Å²) in [7, 11) is -0.299. The van der Waals surface area contributed by atoms with Gasteiger partial charge in [-0.25, -0.2) is 0 Å². The molecule has 0 amide bonds. The second-order valence-corrected chi connectivity index (χ2v) is 8.27. The molecule has 0 aliphatic heterocycles. The number of rotatable bonds is 4. The Bertz CT molecular complexity index is 522. The van der Waals surface area contributed by atoms with Gasteiger partial charge in [0.2, 0.25) is 0 Å². The summed E-state index contributed by atoms with van der Waals surface area (Å²) in [6, 6.07) is 3.16. The lowest BCUT2D eigenvalue weighted by Gasteiger charge is -2.19. The van der Waals surface area contributed by atoms with Crippen LogP contribution in [0.5, 0.6) is 5.75 Å². The molecule has 114 valence electrons. The number of hydrogen-bond acceptors (Lipinski definition) is 5. The summed E-state index contributed by atoms with van der Waals surface area (Å²) in [6.45, 7) is -2.79. The molecule has 1 aromatic carbocycles. The van der Waals surface area contributed by atoms with Crippen LogP contribution in [0.1, 0.15) is 0 Å². The Hall–Kier alpha value is 0.267. The van der Waals surface area contributed by atoms with Crippen LogP contribution < -0.4 is 4.52 Å². The molecule has 1 rings (SSSR count). The lowest BCUT2D eigenvalue weighted by atomic mass is 10.3. The fourth-order valence-corrected chi connectivity index (χ4v) is 2.66. The van der Waals surface area contributed by atoms with Gasteiger partial charge in [-0.2, -0.15) is 0 Å². The van der Waals surface area contributed by atoms with Crippen LogP contribution in [0.3, 0.4) is 0 Å². The van der Waals surface area contributed by atoms with Gasteiger partial charge in [-0.05, 0) is 22.0 Å². The second kappa shape index (κ2) is 9.32. The Morgan fingerprint density at radius 3 is 2.10 bits per heavy atom. The summed E-state index contributed by atoms with van der Waals surface area (Å²) in [5.41, 5.74) is 0. The minimum atomic E-state index is -3.13. The van der Waals surface area contributed by atoms with Crippen molar-refractivity contribution in [2.75, 3.05) is 14.2 Å². The zero-order valence-corrected chi connectivity index (χ0v) is 16.0. The lowest BCUT2D eigenvalue weighted by molar-refractivity contribution is 0.273. The topological polar surface area (TPSA) is 85.2 Å². The molecule has 0 fully saturated rings. The fraction of sp³-hybridized carbons (Fsp3) is 0.250. The number of benzene rings is 1. The Morgan fingerprint density at radius 1 is 1.25 bits per heavy atom. The first-order chi connectivity index (χ1) is 9.15. The van der Waals surface area contributed by atoms with Crippen molar-refractivity contribution in [3.8, 4) is 5.75 Å². The Balaban J connectivity index is 0.000000796. The third-order valence-electron chi connectivity index (χ3n) is 1.63. The van der Waals surface area contributed by atoms with E-state index in [0.717, 1.165) is 0 Å². The van der Waals surface area contributed by atoms with Crippen molar-refractivity contribution in [3.63, 3.8) is 0 Å². The zero-order valence-electron chi connectivity index (χ0n) is 10.2. The van der Waals surface area contributed by atoms with Gasteiger partial charge in [0.15, 0.2) is 0 Å². The maximum absolute atomic E-state index is 8.74. The first-order valence-corrected chi connectivity index (χ1v) is 10.0. The van der Waals surface area contributed by atoms with Crippen molar-refractivity contribution < 1.29 is 27.6 Å². The molecule has 0 bridgehead atoms. The van der Waals surface area contributed by atoms with Crippen LogP contribution in [-0.4, -0.2) is 33.0 Å². The van der Waals surface area contributed by atoms with Crippen LogP contribution in [0.25, 0.3) is 0 Å². The molecule has 20 heavy (non-hydrogen) atoms. The molecule has 0 radical (unpaired) electrons. The maximum Gasteiger partial charge on any atom is 0.761 e. The van der Waals surface area contributed by atoms with Gasteiger partial charge in [0, 0.05) is 36.6 Å². The molecule has 0 saturated carbocycles. The van der Waals surface area contributed by atoms with Crippen LogP contribution in [0.4, 0.5) is 0 Å². The van der Waals surface area contributed by atoms with Gasteiger partial charge >= 0.3 is 15.9 Å². The average Bonchev–Trinajstić information content (AvgIpc) is 2.35. The predicted octanol–water partition coefficient (Wildman–Crippen LogP) is 3.04. The molecule has 0 spiro atoms. The van der Waals surface area contributed by atoms with E-state index < -0.39 is 15.9 Å². The Morgan fingerprint density at radius 2 is 1.70 bits per heavy atom. The van der Waals surface area contributed by atoms with E-state index in [2.05, 4.69) is 15.9 Å². The second-order valence-electron chi connectivity index (χ2n) is 2.88. The minimum Gasteiger partial charge on any atom is -0.511 e. The summed E-state index contributed by atoms with van der Waals surface area (Å²) in [6.07, 6.45) is 0. The van der Waals surface area contributed by atoms with Crippen molar-refractivity contribution in [2.45, 2.75) is 0 Å². The largest absolute Gasteiger partial charge is 0.761 e. The first-order valence-electron chi connectivity index (χ1n) is 4.62. The maximum atomic E-state index is 8.74. The van der Waals surface area contributed by atoms with Gasteiger partial charge in [-0.1, -0.05) is 23.2 Å². The third kappa shape index (κ3) is 7.33. The normalized spacial score (nSPS) is 10.4. The molecular weight excluding hydrogens is 434 g/mol. The molecule has 12 heteroatoms. The van der Waals surface area contributed by atoms with E-state index >= 15 is 0 Å². The van der Waals surface area contributed by atoms with Crippen molar-refractivity contribution in [1.82, 2.24) is 0 Å². The highest BCUT2D eigenvalue weighted by atomic mass is 79.9. The summed E-state index contributed by atoms with van der Waals surface area (Å²) in [5.74, 6) is 0.335. The van der Waals surface area contributed by atoms with Crippen molar-refractivity contribution in [3.05, 3.63) is 26.7 Å². The van der Waals surface area contributed by atoms with E-state index in [4.69, 9.17) is 62.6 Å². The summed E-state index contributed by atoms with van der Waals surface area (Å²) >= 11 is 20.2. The zero-order chi connectivity index (χ0) is 15.9. The number of hydrogen-bond donors (Lipinski definition) is 2. The molecule has 0 saturated heterocycles. The Labute approximate surface area is 140 Å². The molecule has 6 nitrogen and oxygen atoms in total. The van der Waals surface area contributed by atoms with Crippen molar-refractivity contribution >= 4 is 66.8 Å². The fourth-order valence-electron chi connectivity index (χ4n) is 0.844. The van der Waals surface area contributed by atoms with Gasteiger partial charge in [0.1, 0.15) is 5.75 Å². The molecule has 1 aromatic rings. The minimum absolute atomic E-state index is 0.335. The molecule has 2 N–H and O–H groups in total. The van der Waals surface area contributed by atoms with E-state index in [9.17, 15) is 0 Å². The summed E-state index contributed by atoms with van der Waals surface area (Å²) < 4.78 is 24.8. The molecule has 0 unspecified atom stereocenters. The average molecular weight is 444 g/mol. The van der Waals surface area contributed by atoms with E-state index in [1.165, 1.54) is 14.2 Å². The van der Waals surface area contributed by atoms with Gasteiger partial charge < -0.3 is 23.2 Å². The van der Waals surface area contributed by atoms with Crippen LogP contribution in [0, 0.1) is 0 Å².